The summed E-state index contributed by atoms with van der Waals surface area (Å²) in [7, 11) is 0. The Balaban J connectivity index is 0.971. The smallest absolute Gasteiger partial charge is 0.416 e. The molecule has 11 heteroatoms. The highest BCUT2D eigenvalue weighted by Gasteiger charge is 2.34. The minimum Gasteiger partial charge on any atom is -0.457 e. The second-order valence-corrected chi connectivity index (χ2v) is 11.6. The van der Waals surface area contributed by atoms with E-state index in [1.165, 1.54) is 12.1 Å². The third-order valence-electron chi connectivity index (χ3n) is 8.58. The van der Waals surface area contributed by atoms with Crippen molar-refractivity contribution in [1.82, 2.24) is 10.2 Å². The van der Waals surface area contributed by atoms with Crippen molar-refractivity contribution in [2.45, 2.75) is 32.0 Å². The van der Waals surface area contributed by atoms with Crippen LogP contribution in [0.25, 0.3) is 0 Å². The number of hydrogen-bond acceptors (Lipinski definition) is 5. The van der Waals surface area contributed by atoms with Crippen molar-refractivity contribution < 1.29 is 41.5 Å². The molecule has 2 amide bonds. The number of halogens is 3. The van der Waals surface area contributed by atoms with Gasteiger partial charge < -0.3 is 24.4 Å². The summed E-state index contributed by atoms with van der Waals surface area (Å²) in [5.74, 6) is 0.972. The van der Waals surface area contributed by atoms with E-state index in [2.05, 4.69) is 16.1 Å². The Morgan fingerprint density at radius 3 is 2.31 bits per heavy atom. The quantitative estimate of drug-likeness (QED) is 0.332. The number of rotatable bonds is 8. The van der Waals surface area contributed by atoms with Crippen LogP contribution in [0.15, 0.2) is 60.7 Å². The lowest BCUT2D eigenvalue weighted by molar-refractivity contribution is -0.456. The van der Waals surface area contributed by atoms with E-state index >= 15 is 0 Å². The molecule has 0 spiro atoms. The lowest BCUT2D eigenvalue weighted by Gasteiger charge is -2.32. The molecule has 3 aliphatic heterocycles. The van der Waals surface area contributed by atoms with Crippen molar-refractivity contribution in [3.05, 3.63) is 88.5 Å². The van der Waals surface area contributed by atoms with E-state index in [-0.39, 0.29) is 23.7 Å². The Bertz CT molecular complexity index is 1570. The van der Waals surface area contributed by atoms with Gasteiger partial charge in [-0.3, -0.25) is 9.59 Å². The number of carbonyl (C=O) groups is 2. The third-order valence-corrected chi connectivity index (χ3v) is 8.58. The second kappa shape index (κ2) is 13.0. The first-order valence-electron chi connectivity index (χ1n) is 15.1. The van der Waals surface area contributed by atoms with Crippen LogP contribution in [-0.2, 0) is 15.7 Å². The van der Waals surface area contributed by atoms with Gasteiger partial charge >= 0.3 is 6.18 Å². The van der Waals surface area contributed by atoms with Gasteiger partial charge in [-0.15, -0.1) is 0 Å². The molecule has 3 aromatic carbocycles. The lowest BCUT2D eigenvalue weighted by Crippen LogP contribution is -2.41. The summed E-state index contributed by atoms with van der Waals surface area (Å²) in [4.78, 5) is 27.8. The highest BCUT2D eigenvalue weighted by atomic mass is 19.4. The van der Waals surface area contributed by atoms with Crippen LogP contribution in [0.3, 0.4) is 0 Å². The first kappa shape index (κ1) is 30.8. The van der Waals surface area contributed by atoms with E-state index in [1.807, 2.05) is 24.0 Å². The molecule has 0 aliphatic carbocycles. The third kappa shape index (κ3) is 7.04. The summed E-state index contributed by atoms with van der Waals surface area (Å²) < 4.78 is 57.2. The molecule has 236 valence electrons. The molecular weight excluding hydrogens is 587 g/mol. The fourth-order valence-corrected chi connectivity index (χ4v) is 5.93. The van der Waals surface area contributed by atoms with Gasteiger partial charge in [0.15, 0.2) is 12.8 Å². The molecule has 3 aromatic rings. The van der Waals surface area contributed by atoms with Gasteiger partial charge in [0.25, 0.3) is 11.8 Å². The monoisotopic (exact) mass is 622 g/mol. The van der Waals surface area contributed by atoms with E-state index in [0.717, 1.165) is 48.3 Å². The van der Waals surface area contributed by atoms with E-state index in [4.69, 9.17) is 14.2 Å². The Hall–Kier alpha value is -4.22. The summed E-state index contributed by atoms with van der Waals surface area (Å²) in [6, 6.07) is 15.0. The average molecular weight is 623 g/mol. The molecule has 0 saturated carbocycles. The largest absolute Gasteiger partial charge is 0.457 e. The van der Waals surface area contributed by atoms with Crippen LogP contribution in [0, 0.1) is 12.8 Å². The number of carbonyl (C=O) groups excluding carboxylic acids is 2. The zero-order chi connectivity index (χ0) is 31.6. The van der Waals surface area contributed by atoms with Crippen molar-refractivity contribution >= 4 is 23.7 Å². The fraction of sp³-hybridized carbons (Fsp3) is 0.382. The first-order valence-corrected chi connectivity index (χ1v) is 15.1. The van der Waals surface area contributed by atoms with Crippen LogP contribution in [-0.4, -0.2) is 79.6 Å². The minimum atomic E-state index is -4.40. The predicted octanol–water partition coefficient (Wildman–Crippen LogP) is 5.58. The van der Waals surface area contributed by atoms with E-state index in [1.54, 1.807) is 24.3 Å². The van der Waals surface area contributed by atoms with Gasteiger partial charge in [-0.05, 0) is 79.9 Å². The molecule has 0 radical (unpaired) electrons. The van der Waals surface area contributed by atoms with Crippen molar-refractivity contribution in [3.8, 4) is 11.5 Å². The molecule has 8 nitrogen and oxygen atoms in total. The van der Waals surface area contributed by atoms with Gasteiger partial charge in [0.05, 0.1) is 31.5 Å². The van der Waals surface area contributed by atoms with Crippen molar-refractivity contribution in [2.75, 3.05) is 46.0 Å². The van der Waals surface area contributed by atoms with E-state index in [9.17, 15) is 22.8 Å². The summed E-state index contributed by atoms with van der Waals surface area (Å²) in [5, 5.41) is 2.96. The summed E-state index contributed by atoms with van der Waals surface area (Å²) in [6.07, 6.45) is -0.660. The number of hydrogen-bond donors (Lipinski definition) is 1. The first-order chi connectivity index (χ1) is 21.7. The van der Waals surface area contributed by atoms with Crippen LogP contribution < -0.4 is 10.1 Å². The number of fused-ring (bicyclic) bond motifs is 1. The Kier molecular flexibility index (Phi) is 8.91. The number of piperidine rings is 1. The number of likely N-dealkylation sites (tertiary alicyclic amines) is 1. The van der Waals surface area contributed by atoms with Crippen molar-refractivity contribution in [2.24, 2.45) is 5.92 Å². The molecule has 0 aromatic heterocycles. The van der Waals surface area contributed by atoms with E-state index < -0.39 is 11.7 Å². The van der Waals surface area contributed by atoms with Gasteiger partial charge in [0.2, 0.25) is 5.69 Å². The minimum absolute atomic E-state index is 0.0561. The van der Waals surface area contributed by atoms with Crippen LogP contribution in [0.1, 0.15) is 50.2 Å². The predicted molar refractivity (Wildman–Crippen MR) is 161 cm³/mol. The zero-order valence-corrected chi connectivity index (χ0v) is 24.9. The van der Waals surface area contributed by atoms with Crippen LogP contribution >= 0.6 is 0 Å². The maximum absolute atomic E-state index is 13.1. The number of nitrogens with zero attached hydrogens (tertiary/aromatic N) is 2. The van der Waals surface area contributed by atoms with Gasteiger partial charge in [0.1, 0.15) is 17.1 Å². The Morgan fingerprint density at radius 2 is 1.67 bits per heavy atom. The maximum atomic E-state index is 13.1. The summed E-state index contributed by atoms with van der Waals surface area (Å²) in [6.45, 7) is 6.17. The summed E-state index contributed by atoms with van der Waals surface area (Å²) >= 11 is 0. The zero-order valence-electron chi connectivity index (χ0n) is 24.9. The molecule has 45 heavy (non-hydrogen) atoms. The number of alkyl halides is 3. The van der Waals surface area contributed by atoms with Gasteiger partial charge in [-0.25, -0.2) is 0 Å². The average Bonchev–Trinajstić information content (AvgIpc) is 3.04. The van der Waals surface area contributed by atoms with Gasteiger partial charge in [0, 0.05) is 42.7 Å². The van der Waals surface area contributed by atoms with Crippen LogP contribution in [0.5, 0.6) is 11.5 Å². The molecule has 2 saturated heterocycles. The lowest BCUT2D eigenvalue weighted by atomic mass is 9.92. The van der Waals surface area contributed by atoms with Crippen LogP contribution in [0.2, 0.25) is 0 Å². The molecule has 0 bridgehead atoms. The molecule has 6 rings (SSSR count). The van der Waals surface area contributed by atoms with Crippen LogP contribution in [0.4, 0.5) is 18.9 Å². The normalized spacial score (nSPS) is 18.4. The molecule has 3 aliphatic rings. The maximum Gasteiger partial charge on any atom is 0.416 e. The topological polar surface area (TPSA) is 80.1 Å². The molecular formula is C34H35F3N3O5+. The fourth-order valence-electron chi connectivity index (χ4n) is 5.93. The van der Waals surface area contributed by atoms with Gasteiger partial charge in [-0.1, -0.05) is 0 Å². The number of ether oxygens (including phenoxy) is 3. The molecule has 0 unspecified atom stereocenters. The molecule has 1 atom stereocenters. The molecule has 2 fully saturated rings. The van der Waals surface area contributed by atoms with Gasteiger partial charge in [-0.2, -0.15) is 17.7 Å². The Labute approximate surface area is 259 Å². The number of nitrogens with one attached hydrogen (secondary N) is 1. The number of benzene rings is 3. The van der Waals surface area contributed by atoms with E-state index in [0.29, 0.717) is 62.2 Å². The number of amides is 2. The van der Waals surface area contributed by atoms with Crippen molar-refractivity contribution in [3.63, 3.8) is 0 Å². The molecule has 3 heterocycles. The van der Waals surface area contributed by atoms with Crippen molar-refractivity contribution in [1.29, 1.82) is 0 Å². The highest BCUT2D eigenvalue weighted by Crippen LogP contribution is 2.33. The summed E-state index contributed by atoms with van der Waals surface area (Å²) in [5.41, 5.74) is 3.61. The standard InChI is InChI=1S/C34H34F3N3O5/c1-22-29(32(41)38-18-28-21-43-16-17-44-28)10-11-31-30(22)20-40(31)19-23-12-14-39(15-13-23)33(42)24-2-6-26(7-3-24)45-27-8-4-25(5-9-27)34(35,36)37/h2-11,20,23,28H,12-19,21H2,1H3/p+1/t28-/m0/s1. The highest BCUT2D eigenvalue weighted by molar-refractivity contribution is 6.01. The second-order valence-electron chi connectivity index (χ2n) is 11.6. The SMILES string of the molecule is Cc1c(C(=O)NC[C@H]2COCCO2)ccc2c1C=[N+]2CC1CCN(C(=O)c2ccc(Oc3ccc(C(F)(F)F)cc3)cc2)CC1. The molecule has 1 N–H and O–H groups in total. The Morgan fingerprint density at radius 1 is 0.978 bits per heavy atom.